The number of likely N-dealkylation sites (N-methyl/N-ethyl adjacent to an activating group) is 1. The van der Waals surface area contributed by atoms with Crippen molar-refractivity contribution in [1.29, 1.82) is 0 Å². The Balaban J connectivity index is 2.52. The normalized spacial score (nSPS) is 10.8. The summed E-state index contributed by atoms with van der Waals surface area (Å²) in [4.78, 5) is 2.20. The molecule has 0 fully saturated rings. The lowest BCUT2D eigenvalue weighted by molar-refractivity contribution is 0.120. The molecule has 4 nitrogen and oxygen atoms in total. The molecule has 96 valence electrons. The molecule has 0 amide bonds. The average Bonchev–Trinajstić information content (AvgIpc) is 2.28. The van der Waals surface area contributed by atoms with Gasteiger partial charge in [0.15, 0.2) is 0 Å². The molecule has 0 aromatic heterocycles. The van der Waals surface area contributed by atoms with E-state index in [0.29, 0.717) is 0 Å². The number of benzene rings is 1. The molecule has 1 rings (SSSR count). The molecule has 1 aromatic rings. The number of nitrogen functional groups attached to an aromatic ring is 1. The van der Waals surface area contributed by atoms with Crippen LogP contribution in [0.3, 0.4) is 0 Å². The van der Waals surface area contributed by atoms with Crippen LogP contribution in [-0.4, -0.2) is 38.8 Å². The number of hydrogen-bond donors (Lipinski definition) is 1. The number of methoxy groups -OCH3 is 1. The van der Waals surface area contributed by atoms with Gasteiger partial charge < -0.3 is 15.2 Å². The third-order valence-electron chi connectivity index (χ3n) is 2.50. The summed E-state index contributed by atoms with van der Waals surface area (Å²) >= 11 is 0. The summed E-state index contributed by atoms with van der Waals surface area (Å²) in [6, 6.07) is 5.80. The van der Waals surface area contributed by atoms with E-state index in [-0.39, 0.29) is 0 Å². The minimum atomic E-state index is 0.734. The van der Waals surface area contributed by atoms with Crippen LogP contribution in [0.1, 0.15) is 12.5 Å². The lowest BCUT2D eigenvalue weighted by Gasteiger charge is -2.17. The van der Waals surface area contributed by atoms with E-state index in [2.05, 4.69) is 11.9 Å². The predicted octanol–water partition coefficient (Wildman–Crippen LogP) is 1.75. The largest absolute Gasteiger partial charge is 0.497 e. The van der Waals surface area contributed by atoms with Crippen molar-refractivity contribution in [1.82, 2.24) is 4.90 Å². The van der Waals surface area contributed by atoms with Gasteiger partial charge in [-0.25, -0.2) is 0 Å². The highest BCUT2D eigenvalue weighted by Gasteiger charge is 2.03. The van der Waals surface area contributed by atoms with Gasteiger partial charge in [-0.15, -0.1) is 0 Å². The van der Waals surface area contributed by atoms with Crippen LogP contribution in [-0.2, 0) is 11.3 Å². The zero-order chi connectivity index (χ0) is 12.7. The van der Waals surface area contributed by atoms with Gasteiger partial charge in [0.2, 0.25) is 0 Å². The first kappa shape index (κ1) is 13.8. The summed E-state index contributed by atoms with van der Waals surface area (Å²) in [6.45, 7) is 5.27. The molecule has 0 atom stereocenters. The molecule has 0 aliphatic rings. The Labute approximate surface area is 103 Å². The second-order valence-corrected chi connectivity index (χ2v) is 4.05. The van der Waals surface area contributed by atoms with Crippen LogP contribution in [0.2, 0.25) is 0 Å². The molecule has 17 heavy (non-hydrogen) atoms. The van der Waals surface area contributed by atoms with E-state index >= 15 is 0 Å². The van der Waals surface area contributed by atoms with Crippen molar-refractivity contribution in [2.75, 3.05) is 39.6 Å². The summed E-state index contributed by atoms with van der Waals surface area (Å²) in [7, 11) is 3.71. The molecule has 2 N–H and O–H groups in total. The maximum Gasteiger partial charge on any atom is 0.121 e. The van der Waals surface area contributed by atoms with Crippen LogP contribution in [0.4, 0.5) is 5.69 Å². The molecular formula is C13H22N2O2. The molecule has 0 bridgehead atoms. The van der Waals surface area contributed by atoms with Crippen molar-refractivity contribution >= 4 is 5.69 Å². The van der Waals surface area contributed by atoms with E-state index in [0.717, 1.165) is 43.3 Å². The van der Waals surface area contributed by atoms with Crippen molar-refractivity contribution in [2.45, 2.75) is 13.5 Å². The topological polar surface area (TPSA) is 47.7 Å². The smallest absolute Gasteiger partial charge is 0.121 e. The van der Waals surface area contributed by atoms with Gasteiger partial charge >= 0.3 is 0 Å². The molecule has 0 heterocycles. The molecule has 0 unspecified atom stereocenters. The van der Waals surface area contributed by atoms with Crippen LogP contribution in [0.25, 0.3) is 0 Å². The SMILES string of the molecule is CCOCCN(C)Cc1cc(N)cc(OC)c1. The van der Waals surface area contributed by atoms with Gasteiger partial charge in [-0.05, 0) is 31.7 Å². The quantitative estimate of drug-likeness (QED) is 0.580. The first-order valence-electron chi connectivity index (χ1n) is 5.85. The van der Waals surface area contributed by atoms with E-state index in [1.807, 2.05) is 25.1 Å². The molecule has 0 spiro atoms. The standard InChI is InChI=1S/C13H22N2O2/c1-4-17-6-5-15(2)10-11-7-12(14)9-13(8-11)16-3/h7-9H,4-6,10,14H2,1-3H3. The lowest BCUT2D eigenvalue weighted by atomic mass is 10.2. The van der Waals surface area contributed by atoms with Gasteiger partial charge in [0.05, 0.1) is 13.7 Å². The fourth-order valence-electron chi connectivity index (χ4n) is 1.65. The Morgan fingerprint density at radius 3 is 2.71 bits per heavy atom. The maximum absolute atomic E-state index is 5.81. The highest BCUT2D eigenvalue weighted by Crippen LogP contribution is 2.19. The molecule has 4 heteroatoms. The maximum atomic E-state index is 5.81. The lowest BCUT2D eigenvalue weighted by Crippen LogP contribution is -2.22. The zero-order valence-corrected chi connectivity index (χ0v) is 10.9. The summed E-state index contributed by atoms with van der Waals surface area (Å²) in [5.41, 5.74) is 7.70. The zero-order valence-electron chi connectivity index (χ0n) is 10.9. The van der Waals surface area contributed by atoms with Gasteiger partial charge in [0.25, 0.3) is 0 Å². The number of nitrogens with zero attached hydrogens (tertiary/aromatic N) is 1. The third kappa shape index (κ3) is 5.06. The second kappa shape index (κ2) is 7.14. The van der Waals surface area contributed by atoms with Crippen molar-refractivity contribution in [2.24, 2.45) is 0 Å². The predicted molar refractivity (Wildman–Crippen MR) is 70.2 cm³/mol. The Bertz CT molecular complexity index is 342. The van der Waals surface area contributed by atoms with Crippen LogP contribution in [0.15, 0.2) is 18.2 Å². The Morgan fingerprint density at radius 2 is 2.06 bits per heavy atom. The van der Waals surface area contributed by atoms with Gasteiger partial charge in [-0.1, -0.05) is 0 Å². The Kier molecular flexibility index (Phi) is 5.80. The first-order valence-corrected chi connectivity index (χ1v) is 5.85. The number of anilines is 1. The molecule has 0 aliphatic heterocycles. The van der Waals surface area contributed by atoms with E-state index in [4.69, 9.17) is 15.2 Å². The van der Waals surface area contributed by atoms with Crippen LogP contribution in [0.5, 0.6) is 5.75 Å². The van der Waals surface area contributed by atoms with Gasteiger partial charge in [0.1, 0.15) is 5.75 Å². The highest BCUT2D eigenvalue weighted by atomic mass is 16.5. The first-order chi connectivity index (χ1) is 8.15. The number of rotatable bonds is 7. The monoisotopic (exact) mass is 238 g/mol. The summed E-state index contributed by atoms with van der Waals surface area (Å²) in [5, 5.41) is 0. The number of hydrogen-bond acceptors (Lipinski definition) is 4. The second-order valence-electron chi connectivity index (χ2n) is 4.05. The molecule has 0 saturated heterocycles. The minimum Gasteiger partial charge on any atom is -0.497 e. The number of ether oxygens (including phenoxy) is 2. The molecule has 0 aliphatic carbocycles. The van der Waals surface area contributed by atoms with Gasteiger partial charge in [0, 0.05) is 31.5 Å². The molecular weight excluding hydrogens is 216 g/mol. The van der Waals surface area contributed by atoms with E-state index in [1.54, 1.807) is 7.11 Å². The van der Waals surface area contributed by atoms with Gasteiger partial charge in [-0.2, -0.15) is 0 Å². The molecule has 0 saturated carbocycles. The summed E-state index contributed by atoms with van der Waals surface area (Å²) in [6.07, 6.45) is 0. The molecule has 0 radical (unpaired) electrons. The van der Waals surface area contributed by atoms with Gasteiger partial charge in [-0.3, -0.25) is 4.90 Å². The highest BCUT2D eigenvalue weighted by molar-refractivity contribution is 5.47. The Morgan fingerprint density at radius 1 is 1.29 bits per heavy atom. The fraction of sp³-hybridized carbons (Fsp3) is 0.538. The number of nitrogens with two attached hydrogens (primary N) is 1. The minimum absolute atomic E-state index is 0.734. The van der Waals surface area contributed by atoms with E-state index in [1.165, 1.54) is 0 Å². The van der Waals surface area contributed by atoms with Crippen molar-refractivity contribution in [3.8, 4) is 5.75 Å². The fourth-order valence-corrected chi connectivity index (χ4v) is 1.65. The summed E-state index contributed by atoms with van der Waals surface area (Å²) in [5.74, 6) is 0.804. The van der Waals surface area contributed by atoms with Crippen LogP contribution < -0.4 is 10.5 Å². The summed E-state index contributed by atoms with van der Waals surface area (Å²) < 4.78 is 10.5. The van der Waals surface area contributed by atoms with Crippen LogP contribution >= 0.6 is 0 Å². The third-order valence-corrected chi connectivity index (χ3v) is 2.50. The van der Waals surface area contributed by atoms with Crippen molar-refractivity contribution < 1.29 is 9.47 Å². The van der Waals surface area contributed by atoms with E-state index < -0.39 is 0 Å². The van der Waals surface area contributed by atoms with E-state index in [9.17, 15) is 0 Å². The van der Waals surface area contributed by atoms with Crippen molar-refractivity contribution in [3.05, 3.63) is 23.8 Å². The van der Waals surface area contributed by atoms with Crippen molar-refractivity contribution in [3.63, 3.8) is 0 Å². The Hall–Kier alpha value is -1.26. The van der Waals surface area contributed by atoms with Crippen LogP contribution in [0, 0.1) is 0 Å². The average molecular weight is 238 g/mol. The molecule has 1 aromatic carbocycles.